The monoisotopic (exact) mass is 453 g/mol. The van der Waals surface area contributed by atoms with Gasteiger partial charge in [0.1, 0.15) is 0 Å². The van der Waals surface area contributed by atoms with Crippen molar-refractivity contribution >= 4 is 32.3 Å². The zero-order valence-corrected chi connectivity index (χ0v) is 13.7. The summed E-state index contributed by atoms with van der Waals surface area (Å²) >= 11 is 1.72. The minimum atomic E-state index is 0. The molecule has 0 N–H and O–H groups in total. The molecule has 0 aliphatic carbocycles. The van der Waals surface area contributed by atoms with Crippen LogP contribution >= 0.6 is 11.3 Å². The van der Waals surface area contributed by atoms with E-state index in [1.807, 2.05) is 18.2 Å². The maximum absolute atomic E-state index is 4.80. The van der Waals surface area contributed by atoms with E-state index >= 15 is 0 Å². The van der Waals surface area contributed by atoms with Crippen LogP contribution in [0.3, 0.4) is 0 Å². The Kier molecular flexibility index (Phi) is 3.66. The van der Waals surface area contributed by atoms with Crippen LogP contribution < -0.4 is 0 Å². The fraction of sp³-hybridized carbons (Fsp3) is 0. The van der Waals surface area contributed by atoms with Crippen molar-refractivity contribution in [2.45, 2.75) is 0 Å². The fourth-order valence-electron chi connectivity index (χ4n) is 2.30. The maximum atomic E-state index is 4.80. The maximum Gasteiger partial charge on any atom is 0.0775 e. The van der Waals surface area contributed by atoms with Gasteiger partial charge in [-0.05, 0) is 11.5 Å². The molecule has 99 valence electrons. The summed E-state index contributed by atoms with van der Waals surface area (Å²) in [4.78, 5) is 4.80. The predicted molar refractivity (Wildman–Crippen MR) is 81.4 cm³/mol. The second kappa shape index (κ2) is 5.45. The second-order valence-electron chi connectivity index (χ2n) is 4.43. The molecule has 0 bridgehead atoms. The SMILES string of the molecule is [Ir].[c-]1ccccc1-c1nc2c(ccc3ccccc32)s1. The van der Waals surface area contributed by atoms with Crippen LogP contribution in [0, 0.1) is 6.07 Å². The Bertz CT molecular complexity index is 868. The van der Waals surface area contributed by atoms with Crippen LogP contribution in [0.2, 0.25) is 0 Å². The van der Waals surface area contributed by atoms with Crippen molar-refractivity contribution in [3.63, 3.8) is 0 Å². The number of fused-ring (bicyclic) bond motifs is 3. The van der Waals surface area contributed by atoms with Crippen molar-refractivity contribution in [3.05, 3.63) is 66.7 Å². The van der Waals surface area contributed by atoms with Crippen molar-refractivity contribution in [1.82, 2.24) is 4.98 Å². The quantitative estimate of drug-likeness (QED) is 0.374. The molecule has 0 fully saturated rings. The molecule has 0 saturated carbocycles. The number of nitrogens with zero attached hydrogens (tertiary/aromatic N) is 1. The van der Waals surface area contributed by atoms with Gasteiger partial charge in [-0.3, -0.25) is 4.98 Å². The normalized spacial score (nSPS) is 10.6. The Morgan fingerprint density at radius 2 is 1.75 bits per heavy atom. The summed E-state index contributed by atoms with van der Waals surface area (Å²) < 4.78 is 1.23. The summed E-state index contributed by atoms with van der Waals surface area (Å²) in [5.74, 6) is 0. The largest absolute Gasteiger partial charge is 0.284 e. The molecule has 0 atom stereocenters. The summed E-state index contributed by atoms with van der Waals surface area (Å²) in [6.07, 6.45) is 0. The molecule has 0 amide bonds. The smallest absolute Gasteiger partial charge is 0.0775 e. The first-order valence-electron chi connectivity index (χ1n) is 6.17. The summed E-state index contributed by atoms with van der Waals surface area (Å²) in [6.45, 7) is 0. The Hall–Kier alpha value is -1.54. The van der Waals surface area contributed by atoms with Gasteiger partial charge in [-0.25, -0.2) is 0 Å². The molecular weight excluding hydrogens is 442 g/mol. The van der Waals surface area contributed by atoms with Gasteiger partial charge in [0.05, 0.1) is 5.52 Å². The first-order chi connectivity index (χ1) is 9.42. The van der Waals surface area contributed by atoms with Crippen LogP contribution in [-0.4, -0.2) is 4.98 Å². The van der Waals surface area contributed by atoms with Gasteiger partial charge in [-0.2, -0.15) is 11.3 Å². The summed E-state index contributed by atoms with van der Waals surface area (Å²) in [5.41, 5.74) is 2.16. The molecule has 3 heteroatoms. The van der Waals surface area contributed by atoms with Crippen molar-refractivity contribution in [2.24, 2.45) is 0 Å². The first-order valence-corrected chi connectivity index (χ1v) is 6.99. The van der Waals surface area contributed by atoms with E-state index in [0.29, 0.717) is 0 Å². The standard InChI is InChI=1S/C17H10NS.Ir/c1-2-7-13(8-3-1)17-18-16-14-9-5-4-6-12(14)10-11-15(16)19-17;/h1-7,9-11H;/q-1;. The molecule has 0 saturated heterocycles. The number of rotatable bonds is 1. The van der Waals surface area contributed by atoms with E-state index in [-0.39, 0.29) is 20.1 Å². The Morgan fingerprint density at radius 1 is 0.900 bits per heavy atom. The van der Waals surface area contributed by atoms with E-state index < -0.39 is 0 Å². The molecule has 20 heavy (non-hydrogen) atoms. The van der Waals surface area contributed by atoms with E-state index in [4.69, 9.17) is 4.98 Å². The minimum Gasteiger partial charge on any atom is -0.284 e. The topological polar surface area (TPSA) is 12.9 Å². The van der Waals surface area contributed by atoms with Crippen LogP contribution in [0.5, 0.6) is 0 Å². The van der Waals surface area contributed by atoms with Crippen molar-refractivity contribution < 1.29 is 20.1 Å². The van der Waals surface area contributed by atoms with Crippen LogP contribution in [0.15, 0.2) is 60.7 Å². The molecule has 1 heterocycles. The van der Waals surface area contributed by atoms with Gasteiger partial charge in [-0.15, -0.1) is 35.9 Å². The Labute approximate surface area is 134 Å². The molecule has 4 aromatic rings. The minimum absolute atomic E-state index is 0. The predicted octanol–water partition coefficient (Wildman–Crippen LogP) is 4.91. The number of benzene rings is 3. The van der Waals surface area contributed by atoms with Crippen molar-refractivity contribution in [1.29, 1.82) is 0 Å². The fourth-order valence-corrected chi connectivity index (χ4v) is 3.27. The van der Waals surface area contributed by atoms with Gasteiger partial charge >= 0.3 is 0 Å². The van der Waals surface area contributed by atoms with Crippen LogP contribution in [0.1, 0.15) is 0 Å². The number of aromatic nitrogens is 1. The molecule has 0 unspecified atom stereocenters. The molecule has 4 rings (SSSR count). The van der Waals surface area contributed by atoms with E-state index in [2.05, 4.69) is 48.5 Å². The first kappa shape index (κ1) is 13.4. The van der Waals surface area contributed by atoms with E-state index in [0.717, 1.165) is 16.1 Å². The summed E-state index contributed by atoms with van der Waals surface area (Å²) in [7, 11) is 0. The molecule has 0 aliphatic heterocycles. The molecule has 0 aliphatic rings. The average Bonchev–Trinajstić information content (AvgIpc) is 2.93. The van der Waals surface area contributed by atoms with Crippen LogP contribution in [-0.2, 0) is 20.1 Å². The molecule has 1 radical (unpaired) electrons. The zero-order valence-electron chi connectivity index (χ0n) is 10.5. The van der Waals surface area contributed by atoms with Gasteiger partial charge in [0.15, 0.2) is 0 Å². The molecule has 1 nitrogen and oxygen atoms in total. The van der Waals surface area contributed by atoms with Gasteiger partial charge in [0.2, 0.25) is 0 Å². The van der Waals surface area contributed by atoms with Gasteiger partial charge in [0.25, 0.3) is 0 Å². The third-order valence-corrected chi connectivity index (χ3v) is 4.28. The Morgan fingerprint density at radius 3 is 2.60 bits per heavy atom. The van der Waals surface area contributed by atoms with E-state index in [9.17, 15) is 0 Å². The summed E-state index contributed by atoms with van der Waals surface area (Å²) in [5, 5.41) is 3.49. The Balaban J connectivity index is 0.00000121. The number of hydrogen-bond acceptors (Lipinski definition) is 2. The van der Waals surface area contributed by atoms with Crippen molar-refractivity contribution in [3.8, 4) is 10.6 Å². The molecular formula is C17H10IrNS-. The second-order valence-corrected chi connectivity index (χ2v) is 5.46. The number of thiazole rings is 1. The zero-order chi connectivity index (χ0) is 12.7. The van der Waals surface area contributed by atoms with Crippen LogP contribution in [0.4, 0.5) is 0 Å². The number of hydrogen-bond donors (Lipinski definition) is 0. The van der Waals surface area contributed by atoms with E-state index in [1.165, 1.54) is 15.5 Å². The van der Waals surface area contributed by atoms with Gasteiger partial charge in [0, 0.05) is 35.2 Å². The summed E-state index contributed by atoms with van der Waals surface area (Å²) in [6, 6.07) is 23.9. The molecule has 0 spiro atoms. The third kappa shape index (κ3) is 2.18. The van der Waals surface area contributed by atoms with Crippen molar-refractivity contribution in [2.75, 3.05) is 0 Å². The van der Waals surface area contributed by atoms with Gasteiger partial charge < -0.3 is 0 Å². The molecule has 3 aromatic carbocycles. The van der Waals surface area contributed by atoms with Crippen LogP contribution in [0.25, 0.3) is 31.6 Å². The van der Waals surface area contributed by atoms with E-state index in [1.54, 1.807) is 11.3 Å². The third-order valence-electron chi connectivity index (χ3n) is 3.22. The molecule has 1 aromatic heterocycles. The van der Waals surface area contributed by atoms with Gasteiger partial charge in [-0.1, -0.05) is 30.3 Å². The average molecular weight is 453 g/mol.